The van der Waals surface area contributed by atoms with Crippen LogP contribution in [0.15, 0.2) is 267 Å². The van der Waals surface area contributed by atoms with Crippen molar-refractivity contribution < 1.29 is 0 Å². The lowest BCUT2D eigenvalue weighted by molar-refractivity contribution is 0.794. The Kier molecular flexibility index (Phi) is 8.61. The largest absolute Gasteiger partial charge is 0.310 e. The number of benzene rings is 12. The summed E-state index contributed by atoms with van der Waals surface area (Å²) in [4.78, 5) is 2.46. The molecule has 1 spiro atoms. The lowest BCUT2D eigenvalue weighted by atomic mass is 9.70. The quantitative estimate of drug-likeness (QED) is 0.161. The molecule has 0 bridgehead atoms. The van der Waals surface area contributed by atoms with E-state index in [4.69, 9.17) is 0 Å². The third kappa shape index (κ3) is 5.83. The van der Waals surface area contributed by atoms with E-state index in [1.165, 1.54) is 110 Å². The van der Waals surface area contributed by atoms with Gasteiger partial charge in [-0.05, 0) is 144 Å². The summed E-state index contributed by atoms with van der Waals surface area (Å²) < 4.78 is 2.45. The van der Waals surface area contributed by atoms with E-state index in [1.54, 1.807) is 0 Å². The average Bonchev–Trinajstić information content (AvgIpc) is 4.06. The van der Waals surface area contributed by atoms with Crippen molar-refractivity contribution in [2.24, 2.45) is 0 Å². The van der Waals surface area contributed by atoms with Crippen molar-refractivity contribution in [2.45, 2.75) is 5.41 Å². The second-order valence-electron chi connectivity index (χ2n) is 19.2. The molecule has 330 valence electrons. The number of hydrogen-bond acceptors (Lipinski definition) is 1. The van der Waals surface area contributed by atoms with Crippen molar-refractivity contribution in [2.75, 3.05) is 4.90 Å². The highest BCUT2D eigenvalue weighted by molar-refractivity contribution is 6.19. The van der Waals surface area contributed by atoms with Gasteiger partial charge in [0.25, 0.3) is 0 Å². The van der Waals surface area contributed by atoms with Crippen LogP contribution in [0.3, 0.4) is 0 Å². The molecule has 2 heteroatoms. The molecule has 0 N–H and O–H groups in total. The lowest BCUT2D eigenvalue weighted by Gasteiger charge is -2.32. The number of fused-ring (bicyclic) bond motifs is 16. The molecule has 1 atom stereocenters. The van der Waals surface area contributed by atoms with Gasteiger partial charge in [-0.2, -0.15) is 0 Å². The van der Waals surface area contributed by atoms with Crippen LogP contribution in [0.5, 0.6) is 0 Å². The molecule has 0 amide bonds. The molecule has 0 aliphatic heterocycles. The van der Waals surface area contributed by atoms with E-state index in [-0.39, 0.29) is 0 Å². The molecule has 15 rings (SSSR count). The Bertz CT molecular complexity index is 4270. The molecule has 2 aliphatic carbocycles. The minimum atomic E-state index is -0.509. The zero-order valence-electron chi connectivity index (χ0n) is 38.8. The van der Waals surface area contributed by atoms with Gasteiger partial charge in [-0.25, -0.2) is 0 Å². The van der Waals surface area contributed by atoms with E-state index >= 15 is 0 Å². The summed E-state index contributed by atoms with van der Waals surface area (Å²) in [5.41, 5.74) is 21.7. The second kappa shape index (κ2) is 15.4. The van der Waals surface area contributed by atoms with Crippen LogP contribution < -0.4 is 4.90 Å². The van der Waals surface area contributed by atoms with Crippen molar-refractivity contribution in [1.29, 1.82) is 0 Å². The average molecular weight is 901 g/mol. The topological polar surface area (TPSA) is 8.17 Å². The van der Waals surface area contributed by atoms with Gasteiger partial charge in [-0.3, -0.25) is 0 Å². The minimum Gasteiger partial charge on any atom is -0.310 e. The molecule has 13 aromatic rings. The summed E-state index contributed by atoms with van der Waals surface area (Å²) in [7, 11) is 0. The van der Waals surface area contributed by atoms with E-state index in [2.05, 4.69) is 276 Å². The Hall–Kier alpha value is -9.24. The maximum absolute atomic E-state index is 2.50. The number of aromatic nitrogens is 1. The predicted molar refractivity (Wildman–Crippen MR) is 298 cm³/mol. The van der Waals surface area contributed by atoms with E-state index < -0.39 is 5.41 Å². The molecule has 2 aliphatic rings. The molecule has 1 heterocycles. The highest BCUT2D eigenvalue weighted by Gasteiger charge is 2.52. The molecule has 71 heavy (non-hydrogen) atoms. The SMILES string of the molecule is c1ccc(-c2ccc3c(c2)C2(c4ccccc4-3)c3ccccc3-c3ccc(N(c4ccc(-c5ccc6c7ccc8ccccc8c7n(-c7ccccc7)c6c5)cc4)c4ccc5ccccc5c4)cc32)cc1. The van der Waals surface area contributed by atoms with Crippen LogP contribution in [-0.2, 0) is 5.41 Å². The van der Waals surface area contributed by atoms with Gasteiger partial charge in [-0.1, -0.05) is 206 Å². The van der Waals surface area contributed by atoms with Gasteiger partial charge in [-0.15, -0.1) is 0 Å². The number of anilines is 3. The van der Waals surface area contributed by atoms with Crippen LogP contribution in [-0.4, -0.2) is 4.57 Å². The summed E-state index contributed by atoms with van der Waals surface area (Å²) in [5.74, 6) is 0. The molecule has 0 saturated heterocycles. The fourth-order valence-corrected chi connectivity index (χ4v) is 12.4. The van der Waals surface area contributed by atoms with Crippen molar-refractivity contribution >= 4 is 60.4 Å². The summed E-state index contributed by atoms with van der Waals surface area (Å²) >= 11 is 0. The van der Waals surface area contributed by atoms with Crippen molar-refractivity contribution in [3.63, 3.8) is 0 Å². The molecular formula is C69H44N2. The van der Waals surface area contributed by atoms with Crippen LogP contribution in [0, 0.1) is 0 Å². The Morgan fingerprint density at radius 1 is 0.282 bits per heavy atom. The third-order valence-electron chi connectivity index (χ3n) is 15.6. The first kappa shape index (κ1) is 39.7. The monoisotopic (exact) mass is 900 g/mol. The van der Waals surface area contributed by atoms with Crippen LogP contribution in [0.4, 0.5) is 17.1 Å². The maximum atomic E-state index is 2.50. The molecule has 1 unspecified atom stereocenters. The summed E-state index contributed by atoms with van der Waals surface area (Å²) in [5, 5.41) is 7.43. The molecule has 0 fully saturated rings. The normalized spacial score (nSPS) is 14.3. The standard InChI is InChI=1S/C69H44N2/c1-3-15-45(16-4-1)50-31-37-59-57-23-11-13-25-63(57)69(65(59)42-50)64-26-14-12-24-58(64)60-40-36-55(44-66(60)69)70(54-35-29-46-17-7-8-19-49(46)41-54)53-33-27-47(28-34-53)51-32-38-61-62-39-30-48-18-9-10-22-56(48)68(62)71(67(61)43-51)52-20-5-2-6-21-52/h1-44H. The zero-order chi connectivity index (χ0) is 46.6. The van der Waals surface area contributed by atoms with Crippen molar-refractivity contribution in [3.05, 3.63) is 289 Å². The number of hydrogen-bond donors (Lipinski definition) is 0. The van der Waals surface area contributed by atoms with Crippen LogP contribution >= 0.6 is 0 Å². The van der Waals surface area contributed by atoms with Crippen molar-refractivity contribution in [3.8, 4) is 50.2 Å². The first-order valence-electron chi connectivity index (χ1n) is 24.7. The Labute approximate surface area is 412 Å². The fraction of sp³-hybridized carbons (Fsp3) is 0.0145. The Balaban J connectivity index is 0.914. The smallest absolute Gasteiger partial charge is 0.0726 e. The number of para-hydroxylation sites is 1. The van der Waals surface area contributed by atoms with Crippen LogP contribution in [0.2, 0.25) is 0 Å². The molecule has 12 aromatic carbocycles. The van der Waals surface area contributed by atoms with Gasteiger partial charge in [0.15, 0.2) is 0 Å². The van der Waals surface area contributed by atoms with E-state index in [1.807, 2.05) is 0 Å². The molecule has 1 aromatic heterocycles. The maximum Gasteiger partial charge on any atom is 0.0726 e. The first-order valence-corrected chi connectivity index (χ1v) is 24.7. The number of rotatable bonds is 6. The summed E-state index contributed by atoms with van der Waals surface area (Å²) in [6, 6.07) is 99.2. The van der Waals surface area contributed by atoms with Crippen molar-refractivity contribution in [1.82, 2.24) is 4.57 Å². The van der Waals surface area contributed by atoms with Crippen LogP contribution in [0.1, 0.15) is 22.3 Å². The van der Waals surface area contributed by atoms with E-state index in [0.29, 0.717) is 0 Å². The van der Waals surface area contributed by atoms with Crippen LogP contribution in [0.25, 0.3) is 93.5 Å². The van der Waals surface area contributed by atoms with E-state index in [9.17, 15) is 0 Å². The van der Waals surface area contributed by atoms with Gasteiger partial charge in [0.05, 0.1) is 16.4 Å². The highest BCUT2D eigenvalue weighted by Crippen LogP contribution is 2.64. The predicted octanol–water partition coefficient (Wildman–Crippen LogP) is 18.2. The first-order chi connectivity index (χ1) is 35.2. The van der Waals surface area contributed by atoms with Gasteiger partial charge in [0, 0.05) is 38.9 Å². The molecule has 0 saturated carbocycles. The lowest BCUT2D eigenvalue weighted by Crippen LogP contribution is -2.26. The number of nitrogens with zero attached hydrogens (tertiary/aromatic N) is 2. The van der Waals surface area contributed by atoms with Gasteiger partial charge in [0.2, 0.25) is 0 Å². The minimum absolute atomic E-state index is 0.509. The summed E-state index contributed by atoms with van der Waals surface area (Å²) in [6.45, 7) is 0. The second-order valence-corrected chi connectivity index (χ2v) is 19.2. The Morgan fingerprint density at radius 2 is 0.789 bits per heavy atom. The van der Waals surface area contributed by atoms with Gasteiger partial charge < -0.3 is 9.47 Å². The molecular weight excluding hydrogens is 857 g/mol. The molecule has 0 radical (unpaired) electrons. The van der Waals surface area contributed by atoms with Gasteiger partial charge >= 0.3 is 0 Å². The third-order valence-corrected chi connectivity index (χ3v) is 15.6. The zero-order valence-corrected chi connectivity index (χ0v) is 38.8. The van der Waals surface area contributed by atoms with E-state index in [0.717, 1.165) is 22.7 Å². The molecule has 2 nitrogen and oxygen atoms in total. The fourth-order valence-electron chi connectivity index (χ4n) is 12.4. The van der Waals surface area contributed by atoms with Gasteiger partial charge in [0.1, 0.15) is 0 Å². The Morgan fingerprint density at radius 3 is 1.56 bits per heavy atom. The summed E-state index contributed by atoms with van der Waals surface area (Å²) in [6.07, 6.45) is 0. The highest BCUT2D eigenvalue weighted by atomic mass is 15.1.